The average molecular weight is 422 g/mol. The van der Waals surface area contributed by atoms with Crippen LogP contribution in [-0.4, -0.2) is 37.7 Å². The van der Waals surface area contributed by atoms with Crippen LogP contribution in [0.4, 0.5) is 5.13 Å². The van der Waals surface area contributed by atoms with Crippen LogP contribution < -0.4 is 5.32 Å². The number of aryl methyl sites for hydroxylation is 1. The summed E-state index contributed by atoms with van der Waals surface area (Å²) in [7, 11) is -0.458. The summed E-state index contributed by atoms with van der Waals surface area (Å²) >= 11 is 2.96. The topological polar surface area (TPSA) is 79.4 Å². The summed E-state index contributed by atoms with van der Waals surface area (Å²) in [5, 5.41) is 9.22. The number of rotatable bonds is 7. The first-order chi connectivity index (χ1) is 12.9. The molecule has 9 heteroatoms. The Morgan fingerprint density at radius 2 is 1.89 bits per heavy atom. The van der Waals surface area contributed by atoms with Crippen molar-refractivity contribution in [2.45, 2.75) is 17.7 Å². The molecule has 142 valence electrons. The average Bonchev–Trinajstić information content (AvgIpc) is 3.32. The number of amides is 1. The first kappa shape index (κ1) is 19.7. The molecule has 0 fully saturated rings. The van der Waals surface area contributed by atoms with Crippen molar-refractivity contribution in [3.63, 3.8) is 0 Å². The summed E-state index contributed by atoms with van der Waals surface area (Å²) in [5.41, 5.74) is 2.65. The number of aromatic nitrogens is 1. The molecule has 3 rings (SSSR count). The fraction of sp³-hybridized carbons (Fsp3) is 0.222. The van der Waals surface area contributed by atoms with Gasteiger partial charge in [0.2, 0.25) is 15.9 Å². The van der Waals surface area contributed by atoms with Gasteiger partial charge in [0.25, 0.3) is 0 Å². The van der Waals surface area contributed by atoms with E-state index in [1.165, 1.54) is 29.7 Å². The summed E-state index contributed by atoms with van der Waals surface area (Å²) in [6.45, 7) is 0. The lowest BCUT2D eigenvalue weighted by molar-refractivity contribution is -0.116. The minimum absolute atomic E-state index is 0.0745. The highest BCUT2D eigenvalue weighted by Crippen LogP contribution is 2.26. The van der Waals surface area contributed by atoms with Gasteiger partial charge in [0, 0.05) is 31.5 Å². The largest absolute Gasteiger partial charge is 0.302 e. The minimum Gasteiger partial charge on any atom is -0.302 e. The number of anilines is 1. The number of thiazole rings is 1. The van der Waals surface area contributed by atoms with Crippen molar-refractivity contribution in [2.24, 2.45) is 0 Å². The van der Waals surface area contributed by atoms with E-state index in [0.29, 0.717) is 23.7 Å². The zero-order valence-electron chi connectivity index (χ0n) is 14.9. The Hall–Kier alpha value is -2.07. The molecule has 3 aromatic rings. The highest BCUT2D eigenvalue weighted by molar-refractivity contribution is 7.89. The number of nitrogens with zero attached hydrogens (tertiary/aromatic N) is 2. The van der Waals surface area contributed by atoms with Crippen LogP contribution >= 0.6 is 22.7 Å². The van der Waals surface area contributed by atoms with Gasteiger partial charge in [0.1, 0.15) is 0 Å². The standard InChI is InChI=1S/C18H19N3O3S3/c1-21(2)27(23,24)15-6-4-14(5-7-15)16-12-26-18(19-16)20-17(22)8-3-13-9-10-25-11-13/h4-7,9-12H,3,8H2,1-2H3,(H,19,20,22). The van der Waals surface area contributed by atoms with Crippen molar-refractivity contribution < 1.29 is 13.2 Å². The molecule has 0 aliphatic rings. The van der Waals surface area contributed by atoms with Crippen LogP contribution in [0.3, 0.4) is 0 Å². The molecule has 1 amide bonds. The quantitative estimate of drug-likeness (QED) is 0.631. The van der Waals surface area contributed by atoms with Crippen LogP contribution in [0, 0.1) is 0 Å². The molecule has 2 heterocycles. The summed E-state index contributed by atoms with van der Waals surface area (Å²) in [5.74, 6) is -0.0745. The highest BCUT2D eigenvalue weighted by Gasteiger charge is 2.17. The van der Waals surface area contributed by atoms with Gasteiger partial charge >= 0.3 is 0 Å². The molecular formula is C18H19N3O3S3. The van der Waals surface area contributed by atoms with Crippen LogP contribution in [0.2, 0.25) is 0 Å². The predicted octanol–water partition coefficient (Wildman–Crippen LogP) is 3.69. The molecule has 2 aromatic heterocycles. The molecule has 1 N–H and O–H groups in total. The van der Waals surface area contributed by atoms with Gasteiger partial charge in [0.05, 0.1) is 10.6 Å². The van der Waals surface area contributed by atoms with Gasteiger partial charge in [-0.15, -0.1) is 11.3 Å². The van der Waals surface area contributed by atoms with E-state index >= 15 is 0 Å². The van der Waals surface area contributed by atoms with Crippen molar-refractivity contribution in [2.75, 3.05) is 19.4 Å². The first-order valence-electron chi connectivity index (χ1n) is 8.15. The normalized spacial score (nSPS) is 11.7. The van der Waals surface area contributed by atoms with Gasteiger partial charge in [-0.1, -0.05) is 12.1 Å². The molecule has 6 nitrogen and oxygen atoms in total. The predicted molar refractivity (Wildman–Crippen MR) is 110 cm³/mol. The maximum Gasteiger partial charge on any atom is 0.242 e. The number of nitrogens with one attached hydrogen (secondary N) is 1. The number of hydrogen-bond acceptors (Lipinski definition) is 6. The van der Waals surface area contributed by atoms with Crippen LogP contribution in [0.15, 0.2) is 51.4 Å². The zero-order chi connectivity index (χ0) is 19.4. The van der Waals surface area contributed by atoms with Crippen molar-refractivity contribution >= 4 is 43.7 Å². The molecule has 0 saturated carbocycles. The first-order valence-corrected chi connectivity index (χ1v) is 11.4. The van der Waals surface area contributed by atoms with Crippen molar-refractivity contribution in [1.29, 1.82) is 0 Å². The zero-order valence-corrected chi connectivity index (χ0v) is 17.3. The molecule has 0 aliphatic carbocycles. The Balaban J connectivity index is 1.64. The highest BCUT2D eigenvalue weighted by atomic mass is 32.2. The number of carbonyl (C=O) groups excluding carboxylic acids is 1. The summed E-state index contributed by atoms with van der Waals surface area (Å²) in [4.78, 5) is 16.7. The summed E-state index contributed by atoms with van der Waals surface area (Å²) < 4.78 is 25.4. The Labute approximate surface area is 166 Å². The van der Waals surface area contributed by atoms with Gasteiger partial charge in [-0.05, 0) is 40.9 Å². The molecular weight excluding hydrogens is 402 g/mol. The van der Waals surface area contributed by atoms with Crippen LogP contribution in [0.5, 0.6) is 0 Å². The molecule has 1 aromatic carbocycles. The van der Waals surface area contributed by atoms with E-state index in [9.17, 15) is 13.2 Å². The SMILES string of the molecule is CN(C)S(=O)(=O)c1ccc(-c2csc(NC(=O)CCc3ccsc3)n2)cc1. The van der Waals surface area contributed by atoms with Crippen molar-refractivity contribution in [1.82, 2.24) is 9.29 Å². The maximum atomic E-state index is 12.1. The smallest absolute Gasteiger partial charge is 0.242 e. The Bertz CT molecular complexity index is 1010. The van der Waals surface area contributed by atoms with E-state index in [1.807, 2.05) is 22.2 Å². The molecule has 27 heavy (non-hydrogen) atoms. The molecule has 0 bridgehead atoms. The minimum atomic E-state index is -3.45. The third-order valence-corrected chi connectivity index (χ3v) is 7.22. The monoisotopic (exact) mass is 421 g/mol. The van der Waals surface area contributed by atoms with E-state index in [1.54, 1.807) is 35.6 Å². The lowest BCUT2D eigenvalue weighted by Gasteiger charge is -2.11. The van der Waals surface area contributed by atoms with Crippen molar-refractivity contribution in [3.05, 3.63) is 52.0 Å². The number of thiophene rings is 1. The second kappa shape index (κ2) is 8.30. The van der Waals surface area contributed by atoms with E-state index in [2.05, 4.69) is 10.3 Å². The third kappa shape index (κ3) is 4.81. The number of carbonyl (C=O) groups is 1. The molecule has 0 radical (unpaired) electrons. The maximum absolute atomic E-state index is 12.1. The molecule has 0 atom stereocenters. The fourth-order valence-corrected chi connectivity index (χ4v) is 4.69. The van der Waals surface area contributed by atoms with Gasteiger partial charge in [0.15, 0.2) is 5.13 Å². The molecule has 0 aliphatic heterocycles. The van der Waals surface area contributed by atoms with E-state index in [4.69, 9.17) is 0 Å². The van der Waals surface area contributed by atoms with E-state index in [-0.39, 0.29) is 10.8 Å². The fourth-order valence-electron chi connectivity index (χ4n) is 2.35. The van der Waals surface area contributed by atoms with E-state index in [0.717, 1.165) is 11.1 Å². The number of sulfonamides is 1. The lowest BCUT2D eigenvalue weighted by atomic mass is 10.2. The van der Waals surface area contributed by atoms with Gasteiger partial charge in [-0.3, -0.25) is 4.79 Å². The van der Waals surface area contributed by atoms with Crippen LogP contribution in [0.25, 0.3) is 11.3 Å². The third-order valence-electron chi connectivity index (χ3n) is 3.90. The van der Waals surface area contributed by atoms with Crippen LogP contribution in [-0.2, 0) is 21.2 Å². The van der Waals surface area contributed by atoms with Gasteiger partial charge < -0.3 is 5.32 Å². The lowest BCUT2D eigenvalue weighted by Crippen LogP contribution is -2.22. The summed E-state index contributed by atoms with van der Waals surface area (Å²) in [6.07, 6.45) is 1.11. The Morgan fingerprint density at radius 3 is 2.52 bits per heavy atom. The van der Waals surface area contributed by atoms with Gasteiger partial charge in [-0.25, -0.2) is 17.7 Å². The number of hydrogen-bond donors (Lipinski definition) is 1. The molecule has 0 unspecified atom stereocenters. The second-order valence-corrected chi connectivity index (χ2v) is 9.82. The van der Waals surface area contributed by atoms with Gasteiger partial charge in [-0.2, -0.15) is 11.3 Å². The molecule has 0 spiro atoms. The van der Waals surface area contributed by atoms with Crippen molar-refractivity contribution in [3.8, 4) is 11.3 Å². The van der Waals surface area contributed by atoms with E-state index < -0.39 is 10.0 Å². The summed E-state index contributed by atoms with van der Waals surface area (Å²) in [6, 6.07) is 8.56. The second-order valence-electron chi connectivity index (χ2n) is 6.03. The Morgan fingerprint density at radius 1 is 1.15 bits per heavy atom. The number of benzene rings is 1. The Kier molecular flexibility index (Phi) is 6.05. The van der Waals surface area contributed by atoms with Crippen LogP contribution in [0.1, 0.15) is 12.0 Å². The molecule has 0 saturated heterocycles.